The van der Waals surface area contributed by atoms with Gasteiger partial charge < -0.3 is 10.6 Å². The highest BCUT2D eigenvalue weighted by molar-refractivity contribution is 14.0. The zero-order valence-electron chi connectivity index (χ0n) is 13.4. The molecule has 0 amide bonds. The van der Waals surface area contributed by atoms with E-state index in [-0.39, 0.29) is 47.8 Å². The molecule has 1 heterocycles. The fourth-order valence-electron chi connectivity index (χ4n) is 1.87. The summed E-state index contributed by atoms with van der Waals surface area (Å²) in [7, 11) is 1.51. The van der Waals surface area contributed by atoms with Gasteiger partial charge in [-0.05, 0) is 5.56 Å². The summed E-state index contributed by atoms with van der Waals surface area (Å²) in [5.74, 6) is 0.343. The molecule has 1 aromatic heterocycles. The maximum absolute atomic E-state index is 12.5. The third-order valence-electron chi connectivity index (χ3n) is 3.05. The summed E-state index contributed by atoms with van der Waals surface area (Å²) in [6, 6.07) is 6.09. The Kier molecular flexibility index (Phi) is 8.20. The number of aromatic nitrogens is 1. The Labute approximate surface area is 167 Å². The van der Waals surface area contributed by atoms with Crippen molar-refractivity contribution in [2.45, 2.75) is 19.3 Å². The van der Waals surface area contributed by atoms with Crippen LogP contribution >= 0.6 is 35.3 Å². The first-order chi connectivity index (χ1) is 11.8. The smallest absolute Gasteiger partial charge is 0.352 e. The van der Waals surface area contributed by atoms with Crippen molar-refractivity contribution >= 4 is 47.0 Å². The molecule has 0 saturated carbocycles. The molecule has 12 heteroatoms. The average molecular weight is 501 g/mol. The molecule has 0 radical (unpaired) electrons. The number of nitrogens with zero attached hydrogens (tertiary/aromatic N) is 3. The predicted molar refractivity (Wildman–Crippen MR) is 103 cm³/mol. The average Bonchev–Trinajstić information content (AvgIpc) is 3.04. The fourth-order valence-corrected chi connectivity index (χ4v) is 2.61. The fraction of sp³-hybridized carbons (Fsp3) is 0.286. The molecule has 0 aliphatic carbocycles. The van der Waals surface area contributed by atoms with Crippen LogP contribution < -0.4 is 10.6 Å². The Morgan fingerprint density at radius 1 is 1.35 bits per heavy atom. The Morgan fingerprint density at radius 2 is 2.04 bits per heavy atom. The highest BCUT2D eigenvalue weighted by Crippen LogP contribution is 2.29. The number of nitro benzene ring substituents is 1. The maximum Gasteiger partial charge on any atom is 0.434 e. The van der Waals surface area contributed by atoms with Crippen molar-refractivity contribution in [2.24, 2.45) is 4.99 Å². The van der Waals surface area contributed by atoms with Crippen LogP contribution in [0.15, 0.2) is 34.6 Å². The van der Waals surface area contributed by atoms with E-state index in [1.165, 1.54) is 19.2 Å². The van der Waals surface area contributed by atoms with Crippen LogP contribution in [0.1, 0.15) is 16.3 Å². The predicted octanol–water partition coefficient (Wildman–Crippen LogP) is 3.55. The molecule has 0 bridgehead atoms. The summed E-state index contributed by atoms with van der Waals surface area (Å²) < 4.78 is 37.5. The van der Waals surface area contributed by atoms with Crippen molar-refractivity contribution in [1.82, 2.24) is 15.6 Å². The molecule has 0 atom stereocenters. The Bertz CT molecular complexity index is 782. The lowest BCUT2D eigenvalue weighted by Crippen LogP contribution is -2.36. The van der Waals surface area contributed by atoms with Crippen LogP contribution in [0.4, 0.5) is 18.9 Å². The number of halogens is 4. The molecule has 0 saturated heterocycles. The van der Waals surface area contributed by atoms with Gasteiger partial charge >= 0.3 is 6.18 Å². The van der Waals surface area contributed by atoms with Gasteiger partial charge in [0.15, 0.2) is 11.7 Å². The summed E-state index contributed by atoms with van der Waals surface area (Å²) >= 11 is 0.897. The Hall–Kier alpha value is -1.96. The third-order valence-corrected chi connectivity index (χ3v) is 3.90. The number of aliphatic imine (C=N–C) groups is 1. The molecular weight excluding hydrogens is 486 g/mol. The minimum atomic E-state index is -4.46. The molecular formula is C14H15F3IN5O2S. The van der Waals surface area contributed by atoms with Gasteiger partial charge in [-0.1, -0.05) is 12.1 Å². The number of nitrogens with one attached hydrogen (secondary N) is 2. The van der Waals surface area contributed by atoms with E-state index in [1.54, 1.807) is 12.1 Å². The van der Waals surface area contributed by atoms with E-state index in [0.29, 0.717) is 11.5 Å². The van der Waals surface area contributed by atoms with Gasteiger partial charge in [-0.15, -0.1) is 35.3 Å². The van der Waals surface area contributed by atoms with Crippen LogP contribution in [-0.4, -0.2) is 22.9 Å². The van der Waals surface area contributed by atoms with Crippen molar-refractivity contribution in [3.8, 4) is 0 Å². The van der Waals surface area contributed by atoms with Gasteiger partial charge in [0.05, 0.1) is 11.5 Å². The van der Waals surface area contributed by atoms with Gasteiger partial charge in [0.25, 0.3) is 5.69 Å². The number of hydrogen-bond donors (Lipinski definition) is 2. The molecule has 0 fully saturated rings. The monoisotopic (exact) mass is 501 g/mol. The van der Waals surface area contributed by atoms with Gasteiger partial charge in [-0.2, -0.15) is 13.2 Å². The van der Waals surface area contributed by atoms with E-state index in [0.717, 1.165) is 16.7 Å². The first-order valence-electron chi connectivity index (χ1n) is 6.99. The molecule has 142 valence electrons. The SMILES string of the molecule is CN=C(NCc1cccc([N+](=O)[O-])c1)NCc1nc(C(F)(F)F)cs1.I. The van der Waals surface area contributed by atoms with Crippen LogP contribution in [0.3, 0.4) is 0 Å². The van der Waals surface area contributed by atoms with Crippen molar-refractivity contribution < 1.29 is 18.1 Å². The van der Waals surface area contributed by atoms with Crippen LogP contribution in [0, 0.1) is 10.1 Å². The zero-order valence-corrected chi connectivity index (χ0v) is 16.6. The van der Waals surface area contributed by atoms with Crippen LogP contribution in [0.25, 0.3) is 0 Å². The largest absolute Gasteiger partial charge is 0.434 e. The van der Waals surface area contributed by atoms with E-state index in [2.05, 4.69) is 20.6 Å². The summed E-state index contributed by atoms with van der Waals surface area (Å²) in [6.45, 7) is 0.350. The lowest BCUT2D eigenvalue weighted by molar-refractivity contribution is -0.384. The second kappa shape index (κ2) is 9.66. The molecule has 0 aliphatic heterocycles. The number of thiazole rings is 1. The van der Waals surface area contributed by atoms with E-state index in [1.807, 2.05) is 0 Å². The highest BCUT2D eigenvalue weighted by Gasteiger charge is 2.33. The summed E-state index contributed by atoms with van der Waals surface area (Å²) in [4.78, 5) is 17.7. The summed E-state index contributed by atoms with van der Waals surface area (Å²) in [5, 5.41) is 17.7. The standard InChI is InChI=1S/C14H14F3N5O2S.HI/c1-18-13(19-6-9-3-2-4-10(5-9)22(23)24)20-7-12-21-11(8-25-12)14(15,16)17;/h2-5,8H,6-7H2,1H3,(H2,18,19,20);1H. The van der Waals surface area contributed by atoms with Crippen LogP contribution in [-0.2, 0) is 19.3 Å². The molecule has 7 nitrogen and oxygen atoms in total. The minimum absolute atomic E-state index is 0. The second-order valence-electron chi connectivity index (χ2n) is 4.83. The van der Waals surface area contributed by atoms with Crippen molar-refractivity contribution in [1.29, 1.82) is 0 Å². The zero-order chi connectivity index (χ0) is 18.4. The Balaban J connectivity index is 0.00000338. The van der Waals surface area contributed by atoms with Crippen molar-refractivity contribution in [3.05, 3.63) is 56.0 Å². The molecule has 0 unspecified atom stereocenters. The van der Waals surface area contributed by atoms with Gasteiger partial charge in [0, 0.05) is 31.1 Å². The quantitative estimate of drug-likeness (QED) is 0.215. The molecule has 1 aromatic carbocycles. The van der Waals surface area contributed by atoms with E-state index in [9.17, 15) is 23.3 Å². The number of guanidine groups is 1. The second-order valence-corrected chi connectivity index (χ2v) is 5.77. The normalized spacial score (nSPS) is 11.6. The first kappa shape index (κ1) is 22.1. The van der Waals surface area contributed by atoms with Gasteiger partial charge in [-0.3, -0.25) is 15.1 Å². The van der Waals surface area contributed by atoms with E-state index >= 15 is 0 Å². The first-order valence-corrected chi connectivity index (χ1v) is 7.87. The Morgan fingerprint density at radius 3 is 2.62 bits per heavy atom. The number of non-ortho nitro benzene ring substituents is 1. The van der Waals surface area contributed by atoms with Gasteiger partial charge in [0.2, 0.25) is 0 Å². The lowest BCUT2D eigenvalue weighted by atomic mass is 10.2. The third kappa shape index (κ3) is 6.40. The number of alkyl halides is 3. The van der Waals surface area contributed by atoms with Crippen LogP contribution in [0.5, 0.6) is 0 Å². The summed E-state index contributed by atoms with van der Waals surface area (Å²) in [6.07, 6.45) is -4.46. The molecule has 2 N–H and O–H groups in total. The molecule has 26 heavy (non-hydrogen) atoms. The highest BCUT2D eigenvalue weighted by atomic mass is 127. The van der Waals surface area contributed by atoms with Crippen LogP contribution in [0.2, 0.25) is 0 Å². The molecule has 2 rings (SSSR count). The number of hydrogen-bond acceptors (Lipinski definition) is 5. The van der Waals surface area contributed by atoms with E-state index in [4.69, 9.17) is 0 Å². The molecule has 0 aliphatic rings. The maximum atomic E-state index is 12.5. The topological polar surface area (TPSA) is 92.5 Å². The molecule has 2 aromatic rings. The van der Waals surface area contributed by atoms with Gasteiger partial charge in [-0.25, -0.2) is 4.98 Å². The number of nitro groups is 1. The van der Waals surface area contributed by atoms with Crippen molar-refractivity contribution in [3.63, 3.8) is 0 Å². The molecule has 0 spiro atoms. The van der Waals surface area contributed by atoms with Gasteiger partial charge in [0.1, 0.15) is 5.01 Å². The number of benzene rings is 1. The lowest BCUT2D eigenvalue weighted by Gasteiger charge is -2.11. The number of rotatable bonds is 5. The van der Waals surface area contributed by atoms with E-state index < -0.39 is 16.8 Å². The minimum Gasteiger partial charge on any atom is -0.352 e. The van der Waals surface area contributed by atoms with Crippen molar-refractivity contribution in [2.75, 3.05) is 7.05 Å². The summed E-state index contributed by atoms with van der Waals surface area (Å²) in [5.41, 5.74) is -0.274.